The van der Waals surface area contributed by atoms with E-state index in [2.05, 4.69) is 30.5 Å². The summed E-state index contributed by atoms with van der Waals surface area (Å²) in [7, 11) is 0. The Kier molecular flexibility index (Phi) is 5.54. The third-order valence-electron chi connectivity index (χ3n) is 3.87. The number of rotatable bonds is 6. The molecule has 0 aromatic carbocycles. The number of hydrogen-bond acceptors (Lipinski definition) is 8. The second-order valence-corrected chi connectivity index (χ2v) is 6.60. The SMILES string of the molecule is Nc1nnc(CCNC(=O)N2CCN(CCn3cncn3)CC2)s1. The van der Waals surface area contributed by atoms with Crippen LogP contribution < -0.4 is 11.1 Å². The average Bonchev–Trinajstić information content (AvgIpc) is 3.25. The van der Waals surface area contributed by atoms with Gasteiger partial charge in [0.1, 0.15) is 17.7 Å². The van der Waals surface area contributed by atoms with Gasteiger partial charge in [-0.15, -0.1) is 10.2 Å². The van der Waals surface area contributed by atoms with Gasteiger partial charge in [0.05, 0.1) is 6.54 Å². The van der Waals surface area contributed by atoms with E-state index in [1.807, 2.05) is 9.58 Å². The van der Waals surface area contributed by atoms with Crippen molar-refractivity contribution in [3.8, 4) is 0 Å². The average molecular weight is 351 g/mol. The van der Waals surface area contributed by atoms with Gasteiger partial charge >= 0.3 is 6.03 Å². The molecule has 2 amide bonds. The van der Waals surface area contributed by atoms with Crippen LogP contribution in [0.15, 0.2) is 12.7 Å². The molecule has 1 saturated heterocycles. The number of anilines is 1. The van der Waals surface area contributed by atoms with Gasteiger partial charge in [-0.05, 0) is 0 Å². The summed E-state index contributed by atoms with van der Waals surface area (Å²) in [5, 5.41) is 16.0. The molecule has 0 saturated carbocycles. The van der Waals surface area contributed by atoms with Crippen LogP contribution >= 0.6 is 11.3 Å². The maximum absolute atomic E-state index is 12.2. The van der Waals surface area contributed by atoms with Crippen molar-refractivity contribution in [1.82, 2.24) is 40.1 Å². The van der Waals surface area contributed by atoms with Crippen LogP contribution in [0.5, 0.6) is 0 Å². The molecule has 3 heterocycles. The van der Waals surface area contributed by atoms with Crippen molar-refractivity contribution < 1.29 is 4.79 Å². The monoisotopic (exact) mass is 351 g/mol. The number of nitrogens with zero attached hydrogens (tertiary/aromatic N) is 7. The lowest BCUT2D eigenvalue weighted by atomic mass is 10.3. The molecule has 0 atom stereocenters. The number of urea groups is 1. The van der Waals surface area contributed by atoms with Gasteiger partial charge in [0.15, 0.2) is 0 Å². The molecule has 2 aromatic rings. The summed E-state index contributed by atoms with van der Waals surface area (Å²) in [4.78, 5) is 20.3. The Morgan fingerprint density at radius 3 is 2.75 bits per heavy atom. The fraction of sp³-hybridized carbons (Fsp3) is 0.615. The van der Waals surface area contributed by atoms with Crippen molar-refractivity contribution >= 4 is 22.5 Å². The van der Waals surface area contributed by atoms with E-state index in [0.717, 1.165) is 44.3 Å². The number of carbonyl (C=O) groups excluding carboxylic acids is 1. The van der Waals surface area contributed by atoms with Crippen LogP contribution in [0.2, 0.25) is 0 Å². The summed E-state index contributed by atoms with van der Waals surface area (Å²) >= 11 is 1.35. The van der Waals surface area contributed by atoms with Gasteiger partial charge in [-0.2, -0.15) is 5.10 Å². The third kappa shape index (κ3) is 4.61. The molecule has 3 rings (SSSR count). The number of aromatic nitrogens is 5. The van der Waals surface area contributed by atoms with Gasteiger partial charge in [0.2, 0.25) is 5.13 Å². The molecule has 24 heavy (non-hydrogen) atoms. The number of nitrogens with one attached hydrogen (secondary N) is 1. The van der Waals surface area contributed by atoms with Crippen molar-refractivity contribution in [2.45, 2.75) is 13.0 Å². The smallest absolute Gasteiger partial charge is 0.317 e. The highest BCUT2D eigenvalue weighted by Gasteiger charge is 2.20. The van der Waals surface area contributed by atoms with E-state index < -0.39 is 0 Å². The first kappa shape index (κ1) is 16.6. The van der Waals surface area contributed by atoms with Crippen LogP contribution in [-0.4, -0.2) is 80.1 Å². The fourth-order valence-electron chi connectivity index (χ4n) is 2.52. The minimum atomic E-state index is -0.0246. The van der Waals surface area contributed by atoms with Crippen molar-refractivity contribution in [3.63, 3.8) is 0 Å². The zero-order chi connectivity index (χ0) is 16.8. The molecule has 0 unspecified atom stereocenters. The van der Waals surface area contributed by atoms with E-state index in [0.29, 0.717) is 18.1 Å². The van der Waals surface area contributed by atoms with Gasteiger partial charge in [0.25, 0.3) is 0 Å². The zero-order valence-corrected chi connectivity index (χ0v) is 14.2. The summed E-state index contributed by atoms with van der Waals surface area (Å²) in [5.41, 5.74) is 5.53. The first-order valence-corrected chi connectivity index (χ1v) is 8.68. The van der Waals surface area contributed by atoms with Crippen LogP contribution in [0.3, 0.4) is 0 Å². The Labute approximate surface area is 143 Å². The first-order valence-electron chi connectivity index (χ1n) is 7.86. The molecule has 0 bridgehead atoms. The minimum absolute atomic E-state index is 0.0246. The summed E-state index contributed by atoms with van der Waals surface area (Å²) in [5.74, 6) is 0. The van der Waals surface area contributed by atoms with Crippen molar-refractivity contribution in [3.05, 3.63) is 17.7 Å². The predicted molar refractivity (Wildman–Crippen MR) is 89.5 cm³/mol. The van der Waals surface area contributed by atoms with E-state index in [1.165, 1.54) is 11.3 Å². The van der Waals surface area contributed by atoms with E-state index in [4.69, 9.17) is 5.73 Å². The normalized spacial score (nSPS) is 15.6. The number of nitrogens with two attached hydrogens (primary N) is 1. The van der Waals surface area contributed by atoms with Crippen molar-refractivity contribution in [2.24, 2.45) is 0 Å². The zero-order valence-electron chi connectivity index (χ0n) is 13.3. The van der Waals surface area contributed by atoms with Crippen LogP contribution in [0, 0.1) is 0 Å². The number of piperazine rings is 1. The second-order valence-electron chi connectivity index (χ2n) is 5.50. The van der Waals surface area contributed by atoms with Gasteiger partial charge in [0, 0.05) is 45.7 Å². The Balaban J connectivity index is 1.32. The summed E-state index contributed by atoms with van der Waals surface area (Å²) in [6, 6.07) is -0.0246. The number of amides is 2. The quantitative estimate of drug-likeness (QED) is 0.705. The maximum Gasteiger partial charge on any atom is 0.317 e. The Bertz CT molecular complexity index is 636. The Morgan fingerprint density at radius 1 is 1.25 bits per heavy atom. The first-order chi connectivity index (χ1) is 11.7. The van der Waals surface area contributed by atoms with Gasteiger partial charge < -0.3 is 16.0 Å². The minimum Gasteiger partial charge on any atom is -0.374 e. The number of nitrogen functional groups attached to an aromatic ring is 1. The molecule has 0 radical (unpaired) electrons. The van der Waals surface area contributed by atoms with Crippen molar-refractivity contribution in [2.75, 3.05) is 45.0 Å². The van der Waals surface area contributed by atoms with Crippen LogP contribution in [-0.2, 0) is 13.0 Å². The second kappa shape index (κ2) is 8.02. The summed E-state index contributed by atoms with van der Waals surface area (Å²) in [6.07, 6.45) is 3.91. The lowest BCUT2D eigenvalue weighted by molar-refractivity contribution is 0.136. The fourth-order valence-corrected chi connectivity index (χ4v) is 3.13. The molecule has 2 aromatic heterocycles. The van der Waals surface area contributed by atoms with Crippen LogP contribution in [0.25, 0.3) is 0 Å². The molecule has 1 aliphatic heterocycles. The molecule has 11 heteroatoms. The molecule has 1 fully saturated rings. The highest BCUT2D eigenvalue weighted by molar-refractivity contribution is 7.15. The maximum atomic E-state index is 12.2. The van der Waals surface area contributed by atoms with Crippen LogP contribution in [0.4, 0.5) is 9.93 Å². The third-order valence-corrected chi connectivity index (χ3v) is 4.68. The number of carbonyl (C=O) groups is 1. The van der Waals surface area contributed by atoms with Crippen LogP contribution in [0.1, 0.15) is 5.01 Å². The van der Waals surface area contributed by atoms with Crippen molar-refractivity contribution in [1.29, 1.82) is 0 Å². The molecular weight excluding hydrogens is 330 g/mol. The number of hydrogen-bond donors (Lipinski definition) is 2. The predicted octanol–water partition coefficient (Wildman–Crippen LogP) is -0.718. The molecule has 130 valence electrons. The van der Waals surface area contributed by atoms with E-state index in [1.54, 1.807) is 12.7 Å². The molecule has 3 N–H and O–H groups in total. The van der Waals surface area contributed by atoms with E-state index >= 15 is 0 Å². The van der Waals surface area contributed by atoms with Gasteiger partial charge in [-0.1, -0.05) is 11.3 Å². The standard InChI is InChI=1S/C13H21N9OS/c14-12-19-18-11(24-12)1-2-16-13(23)21-6-3-20(4-7-21)5-8-22-10-15-9-17-22/h9-10H,1-8H2,(H2,14,19)(H,16,23). The molecule has 1 aliphatic rings. The summed E-state index contributed by atoms with van der Waals surface area (Å²) in [6.45, 7) is 5.47. The molecule has 0 spiro atoms. The van der Waals surface area contributed by atoms with Gasteiger partial charge in [-0.3, -0.25) is 9.58 Å². The Morgan fingerprint density at radius 2 is 2.08 bits per heavy atom. The highest BCUT2D eigenvalue weighted by atomic mass is 32.1. The lowest BCUT2D eigenvalue weighted by Crippen LogP contribution is -2.52. The molecular formula is C13H21N9OS. The Hall–Kier alpha value is -2.27. The topological polar surface area (TPSA) is 118 Å². The van der Waals surface area contributed by atoms with E-state index in [-0.39, 0.29) is 6.03 Å². The highest BCUT2D eigenvalue weighted by Crippen LogP contribution is 2.10. The van der Waals surface area contributed by atoms with E-state index in [9.17, 15) is 4.79 Å². The largest absolute Gasteiger partial charge is 0.374 e. The van der Waals surface area contributed by atoms with Gasteiger partial charge in [-0.25, -0.2) is 9.78 Å². The summed E-state index contributed by atoms with van der Waals surface area (Å²) < 4.78 is 1.82. The molecule has 10 nitrogen and oxygen atoms in total. The lowest BCUT2D eigenvalue weighted by Gasteiger charge is -2.34. The molecule has 0 aliphatic carbocycles.